The number of hydrogen-bond acceptors (Lipinski definition) is 3. The summed E-state index contributed by atoms with van der Waals surface area (Å²) in [6, 6.07) is 10.5. The van der Waals surface area contributed by atoms with Gasteiger partial charge in [-0.25, -0.2) is 0 Å². The van der Waals surface area contributed by atoms with Gasteiger partial charge >= 0.3 is 0 Å². The van der Waals surface area contributed by atoms with Crippen molar-refractivity contribution in [3.8, 4) is 5.75 Å². The van der Waals surface area contributed by atoms with E-state index in [-0.39, 0.29) is 12.4 Å². The van der Waals surface area contributed by atoms with Gasteiger partial charge in [0.1, 0.15) is 5.75 Å². The van der Waals surface area contributed by atoms with Crippen molar-refractivity contribution in [2.45, 2.75) is 6.04 Å². The van der Waals surface area contributed by atoms with Crippen molar-refractivity contribution < 1.29 is 10.2 Å². The minimum absolute atomic E-state index is 0.134. The van der Waals surface area contributed by atoms with Crippen molar-refractivity contribution in [1.29, 1.82) is 0 Å². The quantitative estimate of drug-likeness (QED) is 0.693. The lowest BCUT2D eigenvalue weighted by molar-refractivity contribution is 0.266. The van der Waals surface area contributed by atoms with Crippen LogP contribution in [0.3, 0.4) is 0 Å². The van der Waals surface area contributed by atoms with Gasteiger partial charge in [0.15, 0.2) is 0 Å². The molecule has 0 aliphatic heterocycles. The van der Waals surface area contributed by atoms with Crippen molar-refractivity contribution in [3.05, 3.63) is 42.0 Å². The first kappa shape index (κ1) is 9.96. The number of nitrogens with two attached hydrogens (primary N) is 1. The minimum atomic E-state index is -0.545. The molecule has 0 fully saturated rings. The van der Waals surface area contributed by atoms with Crippen LogP contribution in [0.25, 0.3) is 10.8 Å². The standard InChI is InChI=1S/C12H13NO2/c13-10(7-14)12-9-4-2-1-3-8(9)5-6-11(12)15/h1-6,10,14-15H,7,13H2. The van der Waals surface area contributed by atoms with Gasteiger partial charge in [0, 0.05) is 5.56 Å². The number of rotatable bonds is 2. The molecule has 0 aliphatic rings. The number of phenolic OH excluding ortho intramolecular Hbond substituents is 1. The highest BCUT2D eigenvalue weighted by Crippen LogP contribution is 2.30. The fourth-order valence-electron chi connectivity index (χ4n) is 1.77. The lowest BCUT2D eigenvalue weighted by atomic mass is 9.98. The van der Waals surface area contributed by atoms with Gasteiger partial charge in [0.05, 0.1) is 12.6 Å². The summed E-state index contributed by atoms with van der Waals surface area (Å²) >= 11 is 0. The maximum Gasteiger partial charge on any atom is 0.121 e. The summed E-state index contributed by atoms with van der Waals surface area (Å²) in [6.45, 7) is -0.179. The number of fused-ring (bicyclic) bond motifs is 1. The first-order valence-corrected chi connectivity index (χ1v) is 4.81. The zero-order valence-corrected chi connectivity index (χ0v) is 8.22. The largest absolute Gasteiger partial charge is 0.508 e. The maximum atomic E-state index is 9.72. The van der Waals surface area contributed by atoms with E-state index in [0.717, 1.165) is 10.8 Å². The van der Waals surface area contributed by atoms with Crippen LogP contribution >= 0.6 is 0 Å². The molecule has 2 aromatic rings. The average molecular weight is 203 g/mol. The normalized spacial score (nSPS) is 12.9. The summed E-state index contributed by atoms with van der Waals surface area (Å²) in [5, 5.41) is 20.7. The van der Waals surface area contributed by atoms with E-state index in [4.69, 9.17) is 10.8 Å². The lowest BCUT2D eigenvalue weighted by Gasteiger charge is -2.13. The number of aliphatic hydroxyl groups is 1. The molecule has 3 heteroatoms. The third-order valence-electron chi connectivity index (χ3n) is 2.52. The number of phenols is 1. The molecule has 0 aromatic heterocycles. The van der Waals surface area contributed by atoms with Crippen LogP contribution in [0.5, 0.6) is 5.75 Å². The van der Waals surface area contributed by atoms with E-state index in [9.17, 15) is 5.11 Å². The fourth-order valence-corrected chi connectivity index (χ4v) is 1.77. The molecule has 78 valence electrons. The van der Waals surface area contributed by atoms with E-state index in [2.05, 4.69) is 0 Å². The Hall–Kier alpha value is -1.58. The summed E-state index contributed by atoms with van der Waals surface area (Å²) in [4.78, 5) is 0. The van der Waals surface area contributed by atoms with Crippen LogP contribution in [0.2, 0.25) is 0 Å². The molecule has 0 aliphatic carbocycles. The Balaban J connectivity index is 2.74. The van der Waals surface area contributed by atoms with Crippen molar-refractivity contribution in [3.63, 3.8) is 0 Å². The van der Waals surface area contributed by atoms with Crippen LogP contribution in [-0.4, -0.2) is 16.8 Å². The van der Waals surface area contributed by atoms with Gasteiger partial charge in [0.25, 0.3) is 0 Å². The van der Waals surface area contributed by atoms with E-state index < -0.39 is 6.04 Å². The molecule has 1 unspecified atom stereocenters. The smallest absolute Gasteiger partial charge is 0.121 e. The summed E-state index contributed by atoms with van der Waals surface area (Å²) in [5.74, 6) is 0.134. The zero-order chi connectivity index (χ0) is 10.8. The van der Waals surface area contributed by atoms with Gasteiger partial charge in [-0.15, -0.1) is 0 Å². The second-order valence-corrected chi connectivity index (χ2v) is 3.51. The monoisotopic (exact) mass is 203 g/mol. The average Bonchev–Trinajstić information content (AvgIpc) is 2.28. The second-order valence-electron chi connectivity index (χ2n) is 3.51. The Labute approximate surface area is 87.8 Å². The Morgan fingerprint density at radius 2 is 1.87 bits per heavy atom. The van der Waals surface area contributed by atoms with Crippen LogP contribution in [0.4, 0.5) is 0 Å². The van der Waals surface area contributed by atoms with Gasteiger partial charge in [-0.2, -0.15) is 0 Å². The van der Waals surface area contributed by atoms with Crippen LogP contribution in [0, 0.1) is 0 Å². The third kappa shape index (κ3) is 1.67. The molecule has 15 heavy (non-hydrogen) atoms. The molecule has 2 rings (SSSR count). The van der Waals surface area contributed by atoms with Gasteiger partial charge in [0.2, 0.25) is 0 Å². The minimum Gasteiger partial charge on any atom is -0.508 e. The predicted octanol–water partition coefficient (Wildman–Crippen LogP) is 1.54. The Bertz CT molecular complexity index is 482. The van der Waals surface area contributed by atoms with E-state index in [1.807, 2.05) is 30.3 Å². The van der Waals surface area contributed by atoms with Crippen molar-refractivity contribution >= 4 is 10.8 Å². The molecule has 0 spiro atoms. The van der Waals surface area contributed by atoms with E-state index >= 15 is 0 Å². The van der Waals surface area contributed by atoms with Gasteiger partial charge in [-0.3, -0.25) is 0 Å². The SMILES string of the molecule is NC(CO)c1c(O)ccc2ccccc12. The number of aromatic hydroxyl groups is 1. The third-order valence-corrected chi connectivity index (χ3v) is 2.52. The summed E-state index contributed by atoms with van der Waals surface area (Å²) in [5.41, 5.74) is 6.36. The lowest BCUT2D eigenvalue weighted by Crippen LogP contribution is -2.15. The molecule has 0 saturated heterocycles. The molecule has 4 N–H and O–H groups in total. The van der Waals surface area contributed by atoms with Gasteiger partial charge in [-0.1, -0.05) is 30.3 Å². The zero-order valence-electron chi connectivity index (χ0n) is 8.22. The molecule has 1 atom stereocenters. The highest BCUT2D eigenvalue weighted by molar-refractivity contribution is 5.88. The van der Waals surface area contributed by atoms with E-state index in [0.29, 0.717) is 5.56 Å². The van der Waals surface area contributed by atoms with Gasteiger partial charge < -0.3 is 15.9 Å². The second kappa shape index (κ2) is 3.88. The van der Waals surface area contributed by atoms with Gasteiger partial charge in [-0.05, 0) is 16.8 Å². The Morgan fingerprint density at radius 3 is 2.60 bits per heavy atom. The molecule has 0 amide bonds. The molecule has 0 saturated carbocycles. The summed E-state index contributed by atoms with van der Waals surface area (Å²) < 4.78 is 0. The maximum absolute atomic E-state index is 9.72. The topological polar surface area (TPSA) is 66.5 Å². The highest BCUT2D eigenvalue weighted by atomic mass is 16.3. The molecule has 0 radical (unpaired) electrons. The first-order chi connectivity index (χ1) is 7.24. The Morgan fingerprint density at radius 1 is 1.13 bits per heavy atom. The summed E-state index contributed by atoms with van der Waals surface area (Å²) in [7, 11) is 0. The van der Waals surface area contributed by atoms with E-state index in [1.54, 1.807) is 6.07 Å². The van der Waals surface area contributed by atoms with Crippen LogP contribution in [0.1, 0.15) is 11.6 Å². The number of aliphatic hydroxyl groups excluding tert-OH is 1. The number of hydrogen-bond donors (Lipinski definition) is 3. The number of benzene rings is 2. The molecular weight excluding hydrogens is 190 g/mol. The van der Waals surface area contributed by atoms with E-state index in [1.165, 1.54) is 0 Å². The highest BCUT2D eigenvalue weighted by Gasteiger charge is 2.13. The Kier molecular flexibility index (Phi) is 2.58. The van der Waals surface area contributed by atoms with Crippen LogP contribution < -0.4 is 5.73 Å². The summed E-state index contributed by atoms with van der Waals surface area (Å²) in [6.07, 6.45) is 0. The predicted molar refractivity (Wildman–Crippen MR) is 59.6 cm³/mol. The first-order valence-electron chi connectivity index (χ1n) is 4.81. The van der Waals surface area contributed by atoms with Crippen molar-refractivity contribution in [1.82, 2.24) is 0 Å². The van der Waals surface area contributed by atoms with Crippen molar-refractivity contribution in [2.24, 2.45) is 5.73 Å². The molecule has 3 nitrogen and oxygen atoms in total. The fraction of sp³-hybridized carbons (Fsp3) is 0.167. The molecule has 0 heterocycles. The van der Waals surface area contributed by atoms with Crippen molar-refractivity contribution in [2.75, 3.05) is 6.61 Å². The molecule has 0 bridgehead atoms. The van der Waals surface area contributed by atoms with Crippen LogP contribution in [-0.2, 0) is 0 Å². The molecular formula is C12H13NO2. The molecule has 2 aromatic carbocycles. The van der Waals surface area contributed by atoms with Crippen LogP contribution in [0.15, 0.2) is 36.4 Å².